The number of carboxylic acids is 1. The fraction of sp³-hybridized carbons (Fsp3) is 0.708. The molecule has 0 saturated carbocycles. The maximum atomic E-state index is 13.0. The van der Waals surface area contributed by atoms with Crippen LogP contribution in [0.2, 0.25) is 0 Å². The van der Waals surface area contributed by atoms with Crippen LogP contribution in [0.4, 0.5) is 4.79 Å². The Kier molecular flexibility index (Phi) is 15.3. The number of aliphatic hydroxyl groups excluding tert-OH is 2. The molecule has 0 aromatic rings. The summed E-state index contributed by atoms with van der Waals surface area (Å²) in [5.41, 5.74) is 4.37. The molecule has 5 atom stereocenters. The van der Waals surface area contributed by atoms with Gasteiger partial charge in [-0.1, -0.05) is 13.8 Å². The van der Waals surface area contributed by atoms with Crippen molar-refractivity contribution < 1.29 is 53.6 Å². The van der Waals surface area contributed by atoms with Crippen molar-refractivity contribution >= 4 is 41.6 Å². The largest absolute Gasteiger partial charge is 0.480 e. The van der Waals surface area contributed by atoms with E-state index in [1.807, 2.05) is 5.32 Å². The zero-order valence-electron chi connectivity index (χ0n) is 24.0. The second-order valence-corrected chi connectivity index (χ2v) is 10.6. The summed E-state index contributed by atoms with van der Waals surface area (Å²) in [6.45, 7) is 7.83. The molecule has 0 bridgehead atoms. The monoisotopic (exact) mass is 590 g/mol. The topological polar surface area (TPSA) is 276 Å². The lowest BCUT2D eigenvalue weighted by molar-refractivity contribution is -0.145. The van der Waals surface area contributed by atoms with Crippen LogP contribution in [0.1, 0.15) is 54.4 Å². The van der Waals surface area contributed by atoms with Gasteiger partial charge < -0.3 is 52.4 Å². The van der Waals surface area contributed by atoms with Crippen LogP contribution in [0.15, 0.2) is 0 Å². The fourth-order valence-electron chi connectivity index (χ4n) is 3.21. The van der Waals surface area contributed by atoms with Gasteiger partial charge in [0.25, 0.3) is 0 Å². The van der Waals surface area contributed by atoms with Gasteiger partial charge in [-0.05, 0) is 40.0 Å². The number of alkyl carbamates (subject to hydrolysis) is 1. The van der Waals surface area contributed by atoms with E-state index in [1.165, 1.54) is 0 Å². The van der Waals surface area contributed by atoms with Gasteiger partial charge in [0.15, 0.2) is 6.04 Å². The maximum absolute atomic E-state index is 13.0. The lowest BCUT2D eigenvalue weighted by atomic mass is 10.0. The van der Waals surface area contributed by atoms with Crippen molar-refractivity contribution in [2.45, 2.75) is 90.3 Å². The summed E-state index contributed by atoms with van der Waals surface area (Å²) in [5, 5.41) is 39.3. The molecule has 0 aliphatic heterocycles. The maximum Gasteiger partial charge on any atom is 0.408 e. The van der Waals surface area contributed by atoms with Gasteiger partial charge in [-0.3, -0.25) is 24.0 Å². The van der Waals surface area contributed by atoms with Crippen molar-refractivity contribution in [2.24, 2.45) is 11.7 Å². The molecule has 0 radical (unpaired) electrons. The Balaban J connectivity index is 5.56. The summed E-state index contributed by atoms with van der Waals surface area (Å²) in [6.07, 6.45) is -3.03. The molecule has 0 spiro atoms. The number of hydrogen-bond acceptors (Lipinski definition) is 10. The lowest BCUT2D eigenvalue weighted by Crippen LogP contribution is -2.60. The third-order valence-corrected chi connectivity index (χ3v) is 5.05. The van der Waals surface area contributed by atoms with Crippen molar-refractivity contribution in [3.05, 3.63) is 0 Å². The van der Waals surface area contributed by atoms with Crippen LogP contribution in [0, 0.1) is 5.92 Å². The average molecular weight is 591 g/mol. The second kappa shape index (κ2) is 17.0. The molecule has 41 heavy (non-hydrogen) atoms. The van der Waals surface area contributed by atoms with E-state index in [4.69, 9.17) is 15.6 Å². The van der Waals surface area contributed by atoms with Gasteiger partial charge in [-0.2, -0.15) is 0 Å². The summed E-state index contributed by atoms with van der Waals surface area (Å²) in [6, 6.07) is -6.23. The van der Waals surface area contributed by atoms with Gasteiger partial charge in [0.1, 0.15) is 30.3 Å². The fourth-order valence-corrected chi connectivity index (χ4v) is 3.21. The Hall–Kier alpha value is -3.99. The Labute approximate surface area is 237 Å². The minimum Gasteiger partial charge on any atom is -0.480 e. The summed E-state index contributed by atoms with van der Waals surface area (Å²) < 4.78 is 5.01. The molecule has 17 heteroatoms. The molecule has 0 saturated heterocycles. The number of aliphatic hydroxyl groups is 2. The van der Waals surface area contributed by atoms with E-state index in [0.717, 1.165) is 6.92 Å². The van der Waals surface area contributed by atoms with Crippen molar-refractivity contribution in [2.75, 3.05) is 13.2 Å². The highest BCUT2D eigenvalue weighted by molar-refractivity contribution is 5.96. The molecule has 0 aliphatic rings. The van der Waals surface area contributed by atoms with Crippen molar-refractivity contribution in [1.29, 1.82) is 0 Å². The van der Waals surface area contributed by atoms with Gasteiger partial charge in [-0.15, -0.1) is 0 Å². The smallest absolute Gasteiger partial charge is 0.408 e. The highest BCUT2D eigenvalue weighted by Crippen LogP contribution is 2.08. The number of ether oxygens (including phenoxy) is 1. The van der Waals surface area contributed by atoms with Crippen molar-refractivity contribution in [3.8, 4) is 0 Å². The summed E-state index contributed by atoms with van der Waals surface area (Å²) in [5.74, 6) is -6.61. The summed E-state index contributed by atoms with van der Waals surface area (Å²) in [4.78, 5) is 85.3. The lowest BCUT2D eigenvalue weighted by Gasteiger charge is -2.26. The quantitative estimate of drug-likeness (QED) is 0.0864. The van der Waals surface area contributed by atoms with E-state index in [2.05, 4.69) is 21.3 Å². The number of nitrogens with two attached hydrogens (primary N) is 1. The van der Waals surface area contributed by atoms with Crippen LogP contribution in [0.25, 0.3) is 0 Å². The van der Waals surface area contributed by atoms with Crippen molar-refractivity contribution in [3.63, 3.8) is 0 Å². The Bertz CT molecular complexity index is 964. The first-order chi connectivity index (χ1) is 18.8. The van der Waals surface area contributed by atoms with Crippen molar-refractivity contribution in [1.82, 2.24) is 26.6 Å². The van der Waals surface area contributed by atoms with Crippen LogP contribution in [-0.2, 0) is 33.5 Å². The molecule has 0 aromatic carbocycles. The molecule has 0 fully saturated rings. The van der Waals surface area contributed by atoms with E-state index in [1.54, 1.807) is 34.6 Å². The van der Waals surface area contributed by atoms with E-state index in [9.17, 15) is 43.8 Å². The highest BCUT2D eigenvalue weighted by atomic mass is 16.6. The number of aliphatic carboxylic acids is 1. The number of hydrogen-bond donors (Lipinski definition) is 9. The first-order valence-electron chi connectivity index (χ1n) is 12.7. The first-order valence-corrected chi connectivity index (χ1v) is 12.7. The van der Waals surface area contributed by atoms with E-state index in [0.29, 0.717) is 0 Å². The predicted octanol–water partition coefficient (Wildman–Crippen LogP) is -3.17. The van der Waals surface area contributed by atoms with Gasteiger partial charge in [0, 0.05) is 0 Å². The van der Waals surface area contributed by atoms with E-state index >= 15 is 0 Å². The average Bonchev–Trinajstić information content (AvgIpc) is 2.81. The molecule has 0 heterocycles. The number of carbonyl (C=O) groups is 7. The molecule has 6 amide bonds. The zero-order chi connectivity index (χ0) is 32.1. The van der Waals surface area contributed by atoms with Gasteiger partial charge in [0.05, 0.1) is 19.1 Å². The Morgan fingerprint density at radius 3 is 1.78 bits per heavy atom. The van der Waals surface area contributed by atoms with Gasteiger partial charge in [0.2, 0.25) is 29.5 Å². The third kappa shape index (κ3) is 15.4. The molecular weight excluding hydrogens is 548 g/mol. The van der Waals surface area contributed by atoms with Crippen LogP contribution < -0.4 is 32.3 Å². The van der Waals surface area contributed by atoms with Crippen LogP contribution in [0.5, 0.6) is 0 Å². The number of rotatable bonds is 16. The predicted molar refractivity (Wildman–Crippen MR) is 142 cm³/mol. The normalized spacial score (nSPS) is 14.9. The highest BCUT2D eigenvalue weighted by Gasteiger charge is 2.33. The Morgan fingerprint density at radius 1 is 0.829 bits per heavy atom. The first kappa shape index (κ1) is 37.0. The summed E-state index contributed by atoms with van der Waals surface area (Å²) in [7, 11) is 0. The molecule has 0 aromatic heterocycles. The van der Waals surface area contributed by atoms with Gasteiger partial charge >= 0.3 is 12.1 Å². The number of amides is 6. The van der Waals surface area contributed by atoms with Crippen LogP contribution in [-0.4, -0.2) is 106 Å². The molecule has 10 N–H and O–H groups in total. The minimum atomic E-state index is -1.72. The molecule has 0 aliphatic carbocycles. The minimum absolute atomic E-state index is 0.0141. The van der Waals surface area contributed by atoms with Gasteiger partial charge in [-0.25, -0.2) is 9.59 Å². The molecule has 234 valence electrons. The number of primary amides is 1. The van der Waals surface area contributed by atoms with E-state index < -0.39 is 97.0 Å². The Morgan fingerprint density at radius 2 is 1.34 bits per heavy atom. The van der Waals surface area contributed by atoms with Crippen LogP contribution >= 0.6 is 0 Å². The van der Waals surface area contributed by atoms with Crippen LogP contribution in [0.3, 0.4) is 0 Å². The number of carbonyl (C=O) groups excluding carboxylic acids is 6. The number of nitrogens with one attached hydrogen (secondary N) is 5. The number of carboxylic acid groups (broad SMARTS) is 1. The molecule has 5 unspecified atom stereocenters. The summed E-state index contributed by atoms with van der Waals surface area (Å²) >= 11 is 0. The second-order valence-electron chi connectivity index (χ2n) is 10.6. The zero-order valence-corrected chi connectivity index (χ0v) is 24.0. The molecule has 0 rings (SSSR count). The van der Waals surface area contributed by atoms with E-state index in [-0.39, 0.29) is 12.3 Å². The standard InChI is InChI=1S/C24H42N6O11/c1-11(2)7-13(19(35)29-15(10-31)21(37)30-18(12(3)32)22(38)39)28-20(36)14(8-16(25)33)27-17(34)9-26-23(40)41-24(4,5)6/h11-15,18,31-32H,7-10H2,1-6H3,(H2,25,33)(H,26,40)(H,27,34)(H,28,36)(H,29,35)(H,30,37)(H,38,39). The molecule has 17 nitrogen and oxygen atoms in total. The third-order valence-electron chi connectivity index (χ3n) is 5.05. The molecular formula is C24H42N6O11. The SMILES string of the molecule is CC(C)CC(NC(=O)C(CC(N)=O)NC(=O)CNC(=O)OC(C)(C)C)C(=O)NC(CO)C(=O)NC(C(=O)O)C(C)O.